The Bertz CT molecular complexity index is 509. The summed E-state index contributed by atoms with van der Waals surface area (Å²) >= 11 is 0. The Balaban J connectivity index is 1.98. The first-order valence-electron chi connectivity index (χ1n) is 6.96. The Hall–Kier alpha value is -1.65. The van der Waals surface area contributed by atoms with Crippen molar-refractivity contribution in [2.45, 2.75) is 25.4 Å². The zero-order chi connectivity index (χ0) is 14.4. The lowest BCUT2D eigenvalue weighted by Crippen LogP contribution is -2.36. The van der Waals surface area contributed by atoms with Gasteiger partial charge in [0.25, 0.3) is 0 Å². The van der Waals surface area contributed by atoms with Crippen LogP contribution in [0.4, 0.5) is 0 Å². The molecule has 1 N–H and O–H groups in total. The molecule has 0 aliphatic heterocycles. The van der Waals surface area contributed by atoms with Gasteiger partial charge in [-0.05, 0) is 18.9 Å². The van der Waals surface area contributed by atoms with Crippen molar-refractivity contribution in [2.24, 2.45) is 7.05 Å². The van der Waals surface area contributed by atoms with Gasteiger partial charge in [-0.1, -0.05) is 30.3 Å². The number of benzene rings is 1. The lowest BCUT2D eigenvalue weighted by molar-refractivity contribution is 0.161. The molecule has 1 heterocycles. The van der Waals surface area contributed by atoms with Crippen molar-refractivity contribution >= 4 is 0 Å². The Morgan fingerprint density at radius 3 is 2.65 bits per heavy atom. The molecule has 0 saturated carbocycles. The average molecular weight is 273 g/mol. The van der Waals surface area contributed by atoms with Crippen LogP contribution >= 0.6 is 0 Å². The fourth-order valence-corrected chi connectivity index (χ4v) is 2.38. The van der Waals surface area contributed by atoms with Crippen molar-refractivity contribution in [3.05, 3.63) is 53.9 Å². The molecule has 20 heavy (non-hydrogen) atoms. The number of hydrogen-bond acceptors (Lipinski definition) is 3. The molecule has 2 aromatic rings. The lowest BCUT2D eigenvalue weighted by Gasteiger charge is -2.22. The van der Waals surface area contributed by atoms with E-state index in [1.165, 1.54) is 11.1 Å². The van der Waals surface area contributed by atoms with Gasteiger partial charge in [0, 0.05) is 38.0 Å². The van der Waals surface area contributed by atoms with E-state index in [0.29, 0.717) is 6.61 Å². The molecule has 2 unspecified atom stereocenters. The maximum Gasteiger partial charge on any atom is 0.0619 e. The van der Waals surface area contributed by atoms with Crippen molar-refractivity contribution in [1.82, 2.24) is 15.1 Å². The van der Waals surface area contributed by atoms with Crippen LogP contribution in [0.25, 0.3) is 0 Å². The van der Waals surface area contributed by atoms with Crippen molar-refractivity contribution < 1.29 is 4.74 Å². The van der Waals surface area contributed by atoms with Crippen LogP contribution < -0.4 is 5.32 Å². The van der Waals surface area contributed by atoms with Crippen molar-refractivity contribution in [3.63, 3.8) is 0 Å². The summed E-state index contributed by atoms with van der Waals surface area (Å²) in [5, 5.41) is 7.84. The van der Waals surface area contributed by atoms with Crippen LogP contribution in [0, 0.1) is 0 Å². The third kappa shape index (κ3) is 4.18. The third-order valence-corrected chi connectivity index (χ3v) is 3.40. The first kappa shape index (κ1) is 14.8. The summed E-state index contributed by atoms with van der Waals surface area (Å²) in [5.41, 5.74) is 2.52. The SMILES string of the molecule is COCC(Cc1ccccc1)NC(C)c1cnn(C)c1. The molecule has 0 spiro atoms. The zero-order valence-electron chi connectivity index (χ0n) is 12.4. The highest BCUT2D eigenvalue weighted by Crippen LogP contribution is 2.13. The minimum atomic E-state index is 0.257. The number of rotatable bonds is 7. The molecule has 2 rings (SSSR count). The van der Waals surface area contributed by atoms with E-state index in [2.05, 4.69) is 41.6 Å². The van der Waals surface area contributed by atoms with Crippen LogP contribution in [0.2, 0.25) is 0 Å². The molecule has 0 bridgehead atoms. The first-order chi connectivity index (χ1) is 9.69. The van der Waals surface area contributed by atoms with Gasteiger partial charge in [0.15, 0.2) is 0 Å². The smallest absolute Gasteiger partial charge is 0.0619 e. The van der Waals surface area contributed by atoms with Crippen LogP contribution in [-0.2, 0) is 18.2 Å². The number of ether oxygens (including phenoxy) is 1. The first-order valence-corrected chi connectivity index (χ1v) is 6.96. The number of methoxy groups -OCH3 is 1. The molecule has 0 saturated heterocycles. The number of hydrogen-bond donors (Lipinski definition) is 1. The molecule has 2 atom stereocenters. The number of aromatic nitrogens is 2. The van der Waals surface area contributed by atoms with Gasteiger partial charge < -0.3 is 10.1 Å². The molecule has 1 aromatic carbocycles. The second kappa shape index (κ2) is 7.22. The zero-order valence-corrected chi connectivity index (χ0v) is 12.4. The van der Waals surface area contributed by atoms with E-state index in [1.54, 1.807) is 7.11 Å². The summed E-state index contributed by atoms with van der Waals surface area (Å²) < 4.78 is 7.16. The average Bonchev–Trinajstić information content (AvgIpc) is 2.87. The Labute approximate surface area is 120 Å². The molecule has 0 radical (unpaired) electrons. The predicted molar refractivity (Wildman–Crippen MR) is 80.6 cm³/mol. The van der Waals surface area contributed by atoms with Gasteiger partial charge in [0.1, 0.15) is 0 Å². The van der Waals surface area contributed by atoms with Gasteiger partial charge in [-0.2, -0.15) is 5.10 Å². The van der Waals surface area contributed by atoms with Gasteiger partial charge in [-0.15, -0.1) is 0 Å². The van der Waals surface area contributed by atoms with E-state index in [1.807, 2.05) is 30.2 Å². The molecule has 4 heteroatoms. The molecule has 0 fully saturated rings. The normalized spacial score (nSPS) is 14.2. The summed E-state index contributed by atoms with van der Waals surface area (Å²) in [6.07, 6.45) is 4.91. The van der Waals surface area contributed by atoms with Crippen molar-refractivity contribution in [1.29, 1.82) is 0 Å². The molecule has 0 amide bonds. The van der Waals surface area contributed by atoms with Crippen LogP contribution in [0.15, 0.2) is 42.7 Å². The quantitative estimate of drug-likeness (QED) is 0.841. The Morgan fingerprint density at radius 2 is 2.05 bits per heavy atom. The van der Waals surface area contributed by atoms with Crippen LogP contribution in [0.1, 0.15) is 24.1 Å². The highest BCUT2D eigenvalue weighted by Gasteiger charge is 2.15. The summed E-state index contributed by atoms with van der Waals surface area (Å²) in [5.74, 6) is 0. The molecule has 108 valence electrons. The summed E-state index contributed by atoms with van der Waals surface area (Å²) in [6.45, 7) is 2.85. The van der Waals surface area contributed by atoms with Gasteiger partial charge in [-0.3, -0.25) is 4.68 Å². The van der Waals surface area contributed by atoms with E-state index in [-0.39, 0.29) is 12.1 Å². The van der Waals surface area contributed by atoms with Crippen molar-refractivity contribution in [2.75, 3.05) is 13.7 Å². The van der Waals surface area contributed by atoms with E-state index in [9.17, 15) is 0 Å². The second-order valence-corrected chi connectivity index (χ2v) is 5.18. The maximum absolute atomic E-state index is 5.33. The summed E-state index contributed by atoms with van der Waals surface area (Å²) in [7, 11) is 3.68. The topological polar surface area (TPSA) is 39.1 Å². The number of nitrogens with one attached hydrogen (secondary N) is 1. The van der Waals surface area contributed by atoms with E-state index >= 15 is 0 Å². The largest absolute Gasteiger partial charge is 0.383 e. The van der Waals surface area contributed by atoms with E-state index < -0.39 is 0 Å². The highest BCUT2D eigenvalue weighted by atomic mass is 16.5. The van der Waals surface area contributed by atoms with Gasteiger partial charge in [-0.25, -0.2) is 0 Å². The van der Waals surface area contributed by atoms with Gasteiger partial charge in [0.2, 0.25) is 0 Å². The molecule has 0 aliphatic carbocycles. The molecular formula is C16H23N3O. The second-order valence-electron chi connectivity index (χ2n) is 5.18. The fraction of sp³-hybridized carbons (Fsp3) is 0.438. The monoisotopic (exact) mass is 273 g/mol. The maximum atomic E-state index is 5.33. The highest BCUT2D eigenvalue weighted by molar-refractivity contribution is 5.16. The lowest BCUT2D eigenvalue weighted by atomic mass is 10.0. The molecule has 4 nitrogen and oxygen atoms in total. The standard InChI is InChI=1S/C16H23N3O/c1-13(15-10-17-19(2)11-15)18-16(12-20-3)9-14-7-5-4-6-8-14/h4-8,10-11,13,16,18H,9,12H2,1-3H3. The van der Waals surface area contributed by atoms with Gasteiger partial charge in [0.05, 0.1) is 12.8 Å². The fourth-order valence-electron chi connectivity index (χ4n) is 2.38. The number of nitrogens with zero attached hydrogens (tertiary/aromatic N) is 2. The van der Waals surface area contributed by atoms with E-state index in [4.69, 9.17) is 4.74 Å². The Kier molecular flexibility index (Phi) is 5.32. The summed E-state index contributed by atoms with van der Waals surface area (Å²) in [6, 6.07) is 11.0. The molecule has 1 aromatic heterocycles. The third-order valence-electron chi connectivity index (χ3n) is 3.40. The van der Waals surface area contributed by atoms with Crippen LogP contribution in [0.5, 0.6) is 0 Å². The predicted octanol–water partition coefficient (Wildman–Crippen LogP) is 2.33. The molecule has 0 aliphatic rings. The van der Waals surface area contributed by atoms with Gasteiger partial charge >= 0.3 is 0 Å². The van der Waals surface area contributed by atoms with Crippen LogP contribution in [0.3, 0.4) is 0 Å². The Morgan fingerprint density at radius 1 is 1.30 bits per heavy atom. The van der Waals surface area contributed by atoms with Crippen LogP contribution in [-0.4, -0.2) is 29.5 Å². The molecular weight excluding hydrogens is 250 g/mol. The summed E-state index contributed by atoms with van der Waals surface area (Å²) in [4.78, 5) is 0. The van der Waals surface area contributed by atoms with Crippen molar-refractivity contribution in [3.8, 4) is 0 Å². The minimum Gasteiger partial charge on any atom is -0.383 e. The van der Waals surface area contributed by atoms with E-state index in [0.717, 1.165) is 6.42 Å². The number of aryl methyl sites for hydroxylation is 1. The minimum absolute atomic E-state index is 0.257.